The number of aromatic nitrogens is 2. The molecular formula is C13H19IN2O. The van der Waals surface area contributed by atoms with Crippen molar-refractivity contribution in [1.29, 1.82) is 0 Å². The van der Waals surface area contributed by atoms with Crippen LogP contribution in [0.3, 0.4) is 0 Å². The first-order chi connectivity index (χ1) is 8.00. The van der Waals surface area contributed by atoms with Crippen molar-refractivity contribution in [3.8, 4) is 0 Å². The lowest BCUT2D eigenvalue weighted by Crippen LogP contribution is -2.26. The van der Waals surface area contributed by atoms with Crippen molar-refractivity contribution in [3.05, 3.63) is 15.0 Å². The fourth-order valence-electron chi connectivity index (χ4n) is 2.34. The van der Waals surface area contributed by atoms with Gasteiger partial charge in [0.25, 0.3) is 0 Å². The van der Waals surface area contributed by atoms with E-state index in [1.54, 1.807) is 0 Å². The molecule has 94 valence electrons. The molecule has 1 fully saturated rings. The Morgan fingerprint density at radius 3 is 2.59 bits per heavy atom. The summed E-state index contributed by atoms with van der Waals surface area (Å²) in [5, 5.41) is 4.49. The van der Waals surface area contributed by atoms with E-state index in [1.165, 1.54) is 12.0 Å². The number of ketones is 1. The van der Waals surface area contributed by atoms with Crippen molar-refractivity contribution in [2.45, 2.75) is 52.5 Å². The van der Waals surface area contributed by atoms with E-state index in [-0.39, 0.29) is 0 Å². The first kappa shape index (κ1) is 13.1. The predicted molar refractivity (Wildman–Crippen MR) is 76.1 cm³/mol. The van der Waals surface area contributed by atoms with Crippen LogP contribution in [0.4, 0.5) is 0 Å². The van der Waals surface area contributed by atoms with Crippen LogP contribution in [0.1, 0.15) is 50.3 Å². The Morgan fingerprint density at radius 1 is 1.53 bits per heavy atom. The lowest BCUT2D eigenvalue weighted by Gasteiger charge is -2.23. The van der Waals surface area contributed by atoms with Crippen LogP contribution in [0.2, 0.25) is 0 Å². The van der Waals surface area contributed by atoms with Crippen molar-refractivity contribution >= 4 is 28.4 Å². The van der Waals surface area contributed by atoms with Crippen molar-refractivity contribution in [1.82, 2.24) is 9.78 Å². The van der Waals surface area contributed by atoms with Gasteiger partial charge < -0.3 is 0 Å². The zero-order chi connectivity index (χ0) is 12.6. The summed E-state index contributed by atoms with van der Waals surface area (Å²) in [6.07, 6.45) is 3.36. The molecule has 0 spiro atoms. The van der Waals surface area contributed by atoms with Gasteiger partial charge in [0.15, 0.2) is 5.78 Å². The van der Waals surface area contributed by atoms with Crippen LogP contribution >= 0.6 is 22.6 Å². The quantitative estimate of drug-likeness (QED) is 0.785. The predicted octanol–water partition coefficient (Wildman–Crippen LogP) is 3.29. The van der Waals surface area contributed by atoms with E-state index < -0.39 is 0 Å². The van der Waals surface area contributed by atoms with Gasteiger partial charge in [-0.3, -0.25) is 9.48 Å². The van der Waals surface area contributed by atoms with Crippen LogP contribution in [-0.2, 0) is 11.3 Å². The monoisotopic (exact) mass is 346 g/mol. The van der Waals surface area contributed by atoms with Gasteiger partial charge in [-0.2, -0.15) is 5.10 Å². The van der Waals surface area contributed by atoms with Gasteiger partial charge >= 0.3 is 0 Å². The molecular weight excluding hydrogens is 327 g/mol. The third kappa shape index (κ3) is 2.56. The van der Waals surface area contributed by atoms with Gasteiger partial charge in [-0.05, 0) is 48.3 Å². The summed E-state index contributed by atoms with van der Waals surface area (Å²) in [6.45, 7) is 6.87. The zero-order valence-corrected chi connectivity index (χ0v) is 12.8. The lowest BCUT2D eigenvalue weighted by molar-refractivity contribution is -0.126. The van der Waals surface area contributed by atoms with Gasteiger partial charge in [-0.1, -0.05) is 20.3 Å². The Hall–Kier alpha value is -0.390. The SMILES string of the molecule is Cc1c(C(C)C)c(I)nn1CC(=O)C1CCC1. The molecule has 3 nitrogen and oxygen atoms in total. The summed E-state index contributed by atoms with van der Waals surface area (Å²) in [4.78, 5) is 12.0. The number of carbonyl (C=O) groups is 1. The Balaban J connectivity index is 2.16. The smallest absolute Gasteiger partial charge is 0.157 e. The first-order valence-corrected chi connectivity index (χ1v) is 7.34. The Labute approximate surface area is 116 Å². The maximum atomic E-state index is 12.0. The van der Waals surface area contributed by atoms with Gasteiger partial charge in [-0.25, -0.2) is 0 Å². The van der Waals surface area contributed by atoms with E-state index in [0.717, 1.165) is 22.2 Å². The van der Waals surface area contributed by atoms with E-state index in [0.29, 0.717) is 24.2 Å². The highest BCUT2D eigenvalue weighted by Gasteiger charge is 2.26. The molecule has 0 aromatic carbocycles. The van der Waals surface area contributed by atoms with Crippen molar-refractivity contribution in [2.75, 3.05) is 0 Å². The molecule has 0 atom stereocenters. The fraction of sp³-hybridized carbons (Fsp3) is 0.692. The second-order valence-electron chi connectivity index (χ2n) is 5.20. The lowest BCUT2D eigenvalue weighted by atomic mass is 9.82. The van der Waals surface area contributed by atoms with Crippen LogP contribution in [0, 0.1) is 16.5 Å². The van der Waals surface area contributed by atoms with Crippen LogP contribution in [0.15, 0.2) is 0 Å². The number of rotatable bonds is 4. The number of hydrogen-bond donors (Lipinski definition) is 0. The Morgan fingerprint density at radius 2 is 2.18 bits per heavy atom. The highest BCUT2D eigenvalue weighted by Crippen LogP contribution is 2.29. The average Bonchev–Trinajstić information content (AvgIpc) is 2.38. The molecule has 0 radical (unpaired) electrons. The molecule has 0 N–H and O–H groups in total. The summed E-state index contributed by atoms with van der Waals surface area (Å²) in [5.41, 5.74) is 2.43. The molecule has 1 saturated carbocycles. The van der Waals surface area contributed by atoms with Gasteiger partial charge in [0.05, 0.1) is 0 Å². The molecule has 0 unspecified atom stereocenters. The van der Waals surface area contributed by atoms with E-state index >= 15 is 0 Å². The molecule has 1 aromatic rings. The van der Waals surface area contributed by atoms with Gasteiger partial charge in [0, 0.05) is 17.2 Å². The third-order valence-corrected chi connectivity index (χ3v) is 4.45. The highest BCUT2D eigenvalue weighted by molar-refractivity contribution is 14.1. The third-order valence-electron chi connectivity index (χ3n) is 3.65. The highest BCUT2D eigenvalue weighted by atomic mass is 127. The first-order valence-electron chi connectivity index (χ1n) is 6.26. The fourth-order valence-corrected chi connectivity index (χ4v) is 3.61. The summed E-state index contributed by atoms with van der Waals surface area (Å²) in [5.74, 6) is 1.13. The summed E-state index contributed by atoms with van der Waals surface area (Å²) < 4.78 is 2.93. The molecule has 0 aliphatic heterocycles. The van der Waals surface area contributed by atoms with Crippen molar-refractivity contribution in [2.24, 2.45) is 5.92 Å². The standard InChI is InChI=1S/C13H19IN2O/c1-8(2)12-9(3)16(15-13(12)14)7-11(17)10-5-4-6-10/h8,10H,4-7H2,1-3H3. The summed E-state index contributed by atoms with van der Waals surface area (Å²) in [6, 6.07) is 0. The van der Waals surface area contributed by atoms with Crippen LogP contribution in [0.25, 0.3) is 0 Å². The number of halogens is 1. The Kier molecular flexibility index (Phi) is 3.90. The molecule has 2 rings (SSSR count). The van der Waals surface area contributed by atoms with Crippen LogP contribution < -0.4 is 0 Å². The zero-order valence-electron chi connectivity index (χ0n) is 10.7. The van der Waals surface area contributed by atoms with Crippen LogP contribution in [0.5, 0.6) is 0 Å². The van der Waals surface area contributed by atoms with Crippen LogP contribution in [-0.4, -0.2) is 15.6 Å². The van der Waals surface area contributed by atoms with E-state index in [2.05, 4.69) is 48.5 Å². The molecule has 4 heteroatoms. The van der Waals surface area contributed by atoms with Gasteiger partial charge in [0.2, 0.25) is 0 Å². The van der Waals surface area contributed by atoms with Gasteiger partial charge in [-0.15, -0.1) is 0 Å². The average molecular weight is 346 g/mol. The van der Waals surface area contributed by atoms with Crippen molar-refractivity contribution in [3.63, 3.8) is 0 Å². The number of nitrogens with zero attached hydrogens (tertiary/aromatic N) is 2. The molecule has 17 heavy (non-hydrogen) atoms. The molecule has 1 heterocycles. The number of Topliss-reactive ketones (excluding diaryl/α,β-unsaturated/α-hetero) is 1. The minimum Gasteiger partial charge on any atom is -0.297 e. The molecule has 0 amide bonds. The summed E-state index contributed by atoms with van der Waals surface area (Å²) in [7, 11) is 0. The normalized spacial score (nSPS) is 16.3. The maximum absolute atomic E-state index is 12.0. The topological polar surface area (TPSA) is 34.9 Å². The van der Waals surface area contributed by atoms with E-state index in [9.17, 15) is 4.79 Å². The molecule has 1 aromatic heterocycles. The van der Waals surface area contributed by atoms with E-state index in [1.807, 2.05) is 4.68 Å². The molecule has 1 aliphatic rings. The molecule has 1 aliphatic carbocycles. The number of hydrogen-bond acceptors (Lipinski definition) is 2. The van der Waals surface area contributed by atoms with Crippen molar-refractivity contribution < 1.29 is 4.79 Å². The minimum absolute atomic E-state index is 0.304. The largest absolute Gasteiger partial charge is 0.297 e. The Bertz CT molecular complexity index is 433. The maximum Gasteiger partial charge on any atom is 0.157 e. The minimum atomic E-state index is 0.304. The molecule has 0 bridgehead atoms. The van der Waals surface area contributed by atoms with Gasteiger partial charge in [0.1, 0.15) is 10.2 Å². The number of carbonyl (C=O) groups excluding carboxylic acids is 1. The second kappa shape index (κ2) is 5.08. The summed E-state index contributed by atoms with van der Waals surface area (Å²) >= 11 is 2.27. The van der Waals surface area contributed by atoms with E-state index in [4.69, 9.17) is 0 Å². The molecule has 0 saturated heterocycles. The second-order valence-corrected chi connectivity index (χ2v) is 6.22.